The van der Waals surface area contributed by atoms with Gasteiger partial charge in [0.1, 0.15) is 16.5 Å². The predicted molar refractivity (Wildman–Crippen MR) is 110 cm³/mol. The van der Waals surface area contributed by atoms with Crippen LogP contribution in [0.2, 0.25) is 0 Å². The Hall–Kier alpha value is -3.66. The van der Waals surface area contributed by atoms with E-state index in [4.69, 9.17) is 9.26 Å². The van der Waals surface area contributed by atoms with Gasteiger partial charge in [-0.15, -0.1) is 11.3 Å². The molecule has 1 aromatic carbocycles. The van der Waals surface area contributed by atoms with E-state index in [1.54, 1.807) is 25.7 Å². The molecule has 3 aromatic heterocycles. The first kappa shape index (κ1) is 19.6. The standard InChI is InChI=1S/C20H18N6O3S/c1-28-16-5-3-2-4-14(16)19-25-18(29-26-19)7-6-17(27)23-10-13-12-30-20(24-13)15-11-21-8-9-22-15/h2-5,8-9,11-12H,6-7,10H2,1H3,(H,23,27). The Balaban J connectivity index is 1.29. The van der Waals surface area contributed by atoms with Crippen LogP contribution in [0.15, 0.2) is 52.8 Å². The number of thiazole rings is 1. The van der Waals surface area contributed by atoms with E-state index < -0.39 is 0 Å². The molecule has 0 aliphatic carbocycles. The quantitative estimate of drug-likeness (QED) is 0.461. The van der Waals surface area contributed by atoms with Crippen LogP contribution < -0.4 is 10.1 Å². The fourth-order valence-electron chi connectivity index (χ4n) is 2.71. The molecule has 1 amide bonds. The summed E-state index contributed by atoms with van der Waals surface area (Å²) in [5, 5.41) is 9.49. The average molecular weight is 422 g/mol. The molecule has 0 spiro atoms. The third-order valence-corrected chi connectivity index (χ3v) is 5.10. The van der Waals surface area contributed by atoms with Gasteiger partial charge in [0.25, 0.3) is 0 Å². The lowest BCUT2D eigenvalue weighted by Gasteiger charge is -2.03. The summed E-state index contributed by atoms with van der Waals surface area (Å²) >= 11 is 1.46. The number of carbonyl (C=O) groups is 1. The third kappa shape index (κ3) is 4.66. The van der Waals surface area contributed by atoms with Gasteiger partial charge in [-0.05, 0) is 12.1 Å². The van der Waals surface area contributed by atoms with Crippen molar-refractivity contribution in [3.05, 3.63) is 59.8 Å². The van der Waals surface area contributed by atoms with Gasteiger partial charge in [0.05, 0.1) is 31.1 Å². The molecule has 1 N–H and O–H groups in total. The summed E-state index contributed by atoms with van der Waals surface area (Å²) < 4.78 is 10.6. The molecule has 0 fully saturated rings. The van der Waals surface area contributed by atoms with E-state index in [9.17, 15) is 4.79 Å². The Kier molecular flexibility index (Phi) is 6.04. The minimum absolute atomic E-state index is 0.124. The first-order valence-corrected chi connectivity index (χ1v) is 10.0. The zero-order valence-corrected chi connectivity index (χ0v) is 16.9. The Labute approximate surface area is 176 Å². The molecule has 152 valence electrons. The van der Waals surface area contributed by atoms with E-state index in [1.807, 2.05) is 29.6 Å². The molecule has 10 heteroatoms. The first-order valence-electron chi connectivity index (χ1n) is 9.16. The summed E-state index contributed by atoms with van der Waals surface area (Å²) in [6, 6.07) is 7.41. The summed E-state index contributed by atoms with van der Waals surface area (Å²) in [5.74, 6) is 1.36. The summed E-state index contributed by atoms with van der Waals surface area (Å²) in [5.41, 5.74) is 2.22. The van der Waals surface area contributed by atoms with Gasteiger partial charge in [-0.25, -0.2) is 4.98 Å². The number of nitrogens with zero attached hydrogens (tertiary/aromatic N) is 5. The van der Waals surface area contributed by atoms with Crippen molar-refractivity contribution in [2.75, 3.05) is 7.11 Å². The van der Waals surface area contributed by atoms with Crippen molar-refractivity contribution >= 4 is 17.2 Å². The number of amides is 1. The summed E-state index contributed by atoms with van der Waals surface area (Å²) in [6.07, 6.45) is 5.46. The van der Waals surface area contributed by atoms with E-state index in [0.29, 0.717) is 36.1 Å². The summed E-state index contributed by atoms with van der Waals surface area (Å²) in [7, 11) is 1.59. The Bertz CT molecular complexity index is 1130. The van der Waals surface area contributed by atoms with Gasteiger partial charge >= 0.3 is 0 Å². The van der Waals surface area contributed by atoms with Crippen molar-refractivity contribution in [2.45, 2.75) is 19.4 Å². The van der Waals surface area contributed by atoms with Gasteiger partial charge in [0, 0.05) is 30.6 Å². The van der Waals surface area contributed by atoms with Crippen molar-refractivity contribution < 1.29 is 14.1 Å². The zero-order chi connectivity index (χ0) is 20.8. The maximum atomic E-state index is 12.2. The topological polar surface area (TPSA) is 116 Å². The number of para-hydroxylation sites is 1. The van der Waals surface area contributed by atoms with Crippen molar-refractivity contribution in [3.63, 3.8) is 0 Å². The van der Waals surface area contributed by atoms with Gasteiger partial charge in [-0.3, -0.25) is 14.8 Å². The lowest BCUT2D eigenvalue weighted by Crippen LogP contribution is -2.23. The van der Waals surface area contributed by atoms with Crippen LogP contribution in [0.5, 0.6) is 5.75 Å². The number of rotatable bonds is 8. The third-order valence-electron chi connectivity index (χ3n) is 4.18. The molecule has 0 atom stereocenters. The molecule has 3 heterocycles. The van der Waals surface area contributed by atoms with Gasteiger partial charge in [-0.2, -0.15) is 4.98 Å². The molecule has 9 nitrogen and oxygen atoms in total. The predicted octanol–water partition coefficient (Wildman–Crippen LogP) is 2.91. The van der Waals surface area contributed by atoms with E-state index in [2.05, 4.69) is 30.4 Å². The summed E-state index contributed by atoms with van der Waals surface area (Å²) in [6.45, 7) is 0.339. The molecular formula is C20H18N6O3S. The average Bonchev–Trinajstić information content (AvgIpc) is 3.47. The summed E-state index contributed by atoms with van der Waals surface area (Å²) in [4.78, 5) is 29.3. The smallest absolute Gasteiger partial charge is 0.227 e. The molecule has 4 aromatic rings. The van der Waals surface area contributed by atoms with Crippen molar-refractivity contribution in [1.82, 2.24) is 30.4 Å². The highest BCUT2D eigenvalue weighted by Gasteiger charge is 2.14. The highest BCUT2D eigenvalue weighted by Crippen LogP contribution is 2.27. The lowest BCUT2D eigenvalue weighted by molar-refractivity contribution is -0.121. The number of aryl methyl sites for hydroxylation is 1. The largest absolute Gasteiger partial charge is 0.496 e. The number of ether oxygens (including phenoxy) is 1. The number of nitrogens with one attached hydrogen (secondary N) is 1. The van der Waals surface area contributed by atoms with Gasteiger partial charge in [0.2, 0.25) is 17.6 Å². The van der Waals surface area contributed by atoms with Gasteiger partial charge in [-0.1, -0.05) is 17.3 Å². The van der Waals surface area contributed by atoms with Gasteiger partial charge in [0.15, 0.2) is 0 Å². The van der Waals surface area contributed by atoms with Gasteiger partial charge < -0.3 is 14.6 Å². The number of aromatic nitrogens is 5. The second-order valence-corrected chi connectivity index (χ2v) is 7.08. The molecule has 30 heavy (non-hydrogen) atoms. The second-order valence-electron chi connectivity index (χ2n) is 6.22. The first-order chi connectivity index (χ1) is 14.7. The normalized spacial score (nSPS) is 10.7. The van der Waals surface area contributed by atoms with Crippen LogP contribution in [0.1, 0.15) is 18.0 Å². The molecule has 0 saturated carbocycles. The van der Waals surface area contributed by atoms with Crippen molar-refractivity contribution in [1.29, 1.82) is 0 Å². The molecular weight excluding hydrogens is 404 g/mol. The number of hydrogen-bond acceptors (Lipinski definition) is 9. The maximum absolute atomic E-state index is 12.2. The van der Waals surface area contributed by atoms with Crippen LogP contribution >= 0.6 is 11.3 Å². The Morgan fingerprint density at radius 3 is 2.97 bits per heavy atom. The molecule has 0 bridgehead atoms. The number of methoxy groups -OCH3 is 1. The molecule has 0 saturated heterocycles. The van der Waals surface area contributed by atoms with Crippen LogP contribution in [0.3, 0.4) is 0 Å². The molecule has 0 unspecified atom stereocenters. The maximum Gasteiger partial charge on any atom is 0.227 e. The monoisotopic (exact) mass is 422 g/mol. The van der Waals surface area contributed by atoms with E-state index in [-0.39, 0.29) is 12.3 Å². The minimum Gasteiger partial charge on any atom is -0.496 e. The van der Waals surface area contributed by atoms with Crippen molar-refractivity contribution in [2.24, 2.45) is 0 Å². The zero-order valence-electron chi connectivity index (χ0n) is 16.1. The minimum atomic E-state index is -0.124. The molecule has 0 aliphatic rings. The van der Waals surface area contributed by atoms with E-state index in [1.165, 1.54) is 11.3 Å². The number of benzene rings is 1. The van der Waals surface area contributed by atoms with E-state index in [0.717, 1.165) is 16.3 Å². The molecule has 4 rings (SSSR count). The number of hydrogen-bond donors (Lipinski definition) is 1. The number of carbonyl (C=O) groups excluding carboxylic acids is 1. The van der Waals surface area contributed by atoms with Crippen LogP contribution in [0, 0.1) is 0 Å². The lowest BCUT2D eigenvalue weighted by atomic mass is 10.2. The fraction of sp³-hybridized carbons (Fsp3) is 0.200. The second kappa shape index (κ2) is 9.23. The Morgan fingerprint density at radius 2 is 2.13 bits per heavy atom. The molecule has 0 aliphatic heterocycles. The van der Waals surface area contributed by atoms with Crippen LogP contribution in [-0.2, 0) is 17.8 Å². The molecule has 0 radical (unpaired) electrons. The SMILES string of the molecule is COc1ccccc1-c1noc(CCC(=O)NCc2csc(-c3cnccn3)n2)n1. The van der Waals surface area contributed by atoms with Crippen LogP contribution in [0.25, 0.3) is 22.1 Å². The highest BCUT2D eigenvalue weighted by molar-refractivity contribution is 7.13. The Morgan fingerprint density at radius 1 is 1.23 bits per heavy atom. The van der Waals surface area contributed by atoms with E-state index >= 15 is 0 Å². The van der Waals surface area contributed by atoms with Crippen molar-refractivity contribution in [3.8, 4) is 27.8 Å². The van der Waals surface area contributed by atoms with Crippen LogP contribution in [0.4, 0.5) is 0 Å². The highest BCUT2D eigenvalue weighted by atomic mass is 32.1. The fourth-order valence-corrected chi connectivity index (χ4v) is 3.49. The van der Waals surface area contributed by atoms with Crippen LogP contribution in [-0.4, -0.2) is 38.1 Å².